The van der Waals surface area contributed by atoms with Gasteiger partial charge in [0.1, 0.15) is 0 Å². The lowest BCUT2D eigenvalue weighted by Gasteiger charge is -2.10. The normalized spacial score (nSPS) is 11.8. The molecule has 122 valence electrons. The summed E-state index contributed by atoms with van der Waals surface area (Å²) in [7, 11) is 3.27. The quantitative estimate of drug-likeness (QED) is 0.552. The molecule has 0 amide bonds. The number of methoxy groups -OCH3 is 2. The highest BCUT2D eigenvalue weighted by atomic mass is 35.5. The standard InChI is InChI=1S/C17H15ClN4O2/c1-23-13-7-9-6-11-15(10(9)8-14(13)24-2)21-22-17(11)20-12-4-3-5-19-16(12)18/h3-5,7-8H,6H2,1-2H3,(H2,20,21,22). The van der Waals surface area contributed by atoms with Crippen molar-refractivity contribution in [3.63, 3.8) is 0 Å². The van der Waals surface area contributed by atoms with Crippen LogP contribution in [0.4, 0.5) is 11.5 Å². The Kier molecular flexibility index (Phi) is 3.54. The van der Waals surface area contributed by atoms with Gasteiger partial charge in [0.05, 0.1) is 25.6 Å². The molecule has 3 aromatic rings. The minimum Gasteiger partial charge on any atom is -0.493 e. The van der Waals surface area contributed by atoms with E-state index in [0.29, 0.717) is 10.9 Å². The van der Waals surface area contributed by atoms with Crippen molar-refractivity contribution in [2.75, 3.05) is 19.5 Å². The summed E-state index contributed by atoms with van der Waals surface area (Å²) in [5.41, 5.74) is 5.02. The van der Waals surface area contributed by atoms with Crippen molar-refractivity contribution >= 4 is 23.1 Å². The number of nitrogens with one attached hydrogen (secondary N) is 2. The Balaban J connectivity index is 1.73. The maximum absolute atomic E-state index is 6.12. The molecule has 1 aliphatic carbocycles. The molecule has 1 aromatic carbocycles. The van der Waals surface area contributed by atoms with Gasteiger partial charge in [0.2, 0.25) is 0 Å². The van der Waals surface area contributed by atoms with Crippen LogP contribution in [0.2, 0.25) is 5.15 Å². The second kappa shape index (κ2) is 5.72. The number of rotatable bonds is 4. The first kappa shape index (κ1) is 14.8. The van der Waals surface area contributed by atoms with Crippen LogP contribution in [-0.2, 0) is 6.42 Å². The number of fused-ring (bicyclic) bond motifs is 3. The molecule has 1 aliphatic rings. The molecule has 4 rings (SSSR count). The van der Waals surface area contributed by atoms with E-state index in [1.807, 2.05) is 24.3 Å². The van der Waals surface area contributed by atoms with Crippen LogP contribution >= 0.6 is 11.6 Å². The average molecular weight is 343 g/mol. The van der Waals surface area contributed by atoms with Crippen LogP contribution in [0.25, 0.3) is 11.3 Å². The second-order valence-electron chi connectivity index (χ2n) is 5.43. The fourth-order valence-corrected chi connectivity index (χ4v) is 3.13. The Morgan fingerprint density at radius 3 is 2.75 bits per heavy atom. The lowest BCUT2D eigenvalue weighted by atomic mass is 10.1. The van der Waals surface area contributed by atoms with Crippen LogP contribution in [0, 0.1) is 0 Å². The SMILES string of the molecule is COc1cc2c(cc1OC)-c1[nH]nc(Nc3cccnc3Cl)c1C2. The number of benzene rings is 1. The Bertz CT molecular complexity index is 923. The van der Waals surface area contributed by atoms with Gasteiger partial charge < -0.3 is 14.8 Å². The van der Waals surface area contributed by atoms with Gasteiger partial charge in [0.25, 0.3) is 0 Å². The minimum absolute atomic E-state index is 0.410. The lowest BCUT2D eigenvalue weighted by Crippen LogP contribution is -1.96. The molecular formula is C17H15ClN4O2. The predicted octanol–water partition coefficient (Wildman–Crippen LogP) is 3.79. The Labute approximate surface area is 143 Å². The second-order valence-corrected chi connectivity index (χ2v) is 5.79. The van der Waals surface area contributed by atoms with E-state index in [4.69, 9.17) is 21.1 Å². The summed E-state index contributed by atoms with van der Waals surface area (Å²) >= 11 is 6.12. The average Bonchev–Trinajstić information content (AvgIpc) is 3.15. The molecule has 0 fully saturated rings. The van der Waals surface area contributed by atoms with Crippen LogP contribution in [0.15, 0.2) is 30.5 Å². The van der Waals surface area contributed by atoms with Gasteiger partial charge in [0, 0.05) is 23.7 Å². The largest absolute Gasteiger partial charge is 0.493 e. The third-order valence-electron chi connectivity index (χ3n) is 4.13. The van der Waals surface area contributed by atoms with Crippen molar-refractivity contribution in [3.05, 3.63) is 46.7 Å². The number of pyridine rings is 1. The van der Waals surface area contributed by atoms with Crippen molar-refractivity contribution in [2.45, 2.75) is 6.42 Å². The van der Waals surface area contributed by atoms with Gasteiger partial charge >= 0.3 is 0 Å². The summed E-state index contributed by atoms with van der Waals surface area (Å²) in [6.45, 7) is 0. The molecule has 0 radical (unpaired) electrons. The molecule has 0 saturated carbocycles. The fraction of sp³-hybridized carbons (Fsp3) is 0.176. The van der Waals surface area contributed by atoms with Crippen LogP contribution in [0.1, 0.15) is 11.1 Å². The molecule has 24 heavy (non-hydrogen) atoms. The maximum Gasteiger partial charge on any atom is 0.161 e. The zero-order valence-electron chi connectivity index (χ0n) is 13.2. The summed E-state index contributed by atoms with van der Waals surface area (Å²) in [6.07, 6.45) is 2.40. The molecule has 0 atom stereocenters. The van der Waals surface area contributed by atoms with Crippen LogP contribution in [0.3, 0.4) is 0 Å². The maximum atomic E-state index is 6.12. The van der Waals surface area contributed by atoms with E-state index >= 15 is 0 Å². The number of ether oxygens (including phenoxy) is 2. The van der Waals surface area contributed by atoms with Gasteiger partial charge in [-0.2, -0.15) is 5.10 Å². The zero-order valence-corrected chi connectivity index (χ0v) is 13.9. The van der Waals surface area contributed by atoms with E-state index in [-0.39, 0.29) is 0 Å². The third-order valence-corrected chi connectivity index (χ3v) is 4.43. The van der Waals surface area contributed by atoms with Crippen molar-refractivity contribution in [2.24, 2.45) is 0 Å². The van der Waals surface area contributed by atoms with E-state index in [1.54, 1.807) is 20.4 Å². The number of anilines is 2. The summed E-state index contributed by atoms with van der Waals surface area (Å²) in [5, 5.41) is 11.1. The molecule has 2 heterocycles. The molecule has 2 aromatic heterocycles. The van der Waals surface area contributed by atoms with E-state index in [2.05, 4.69) is 20.5 Å². The van der Waals surface area contributed by atoms with Gasteiger partial charge in [-0.3, -0.25) is 5.10 Å². The van der Waals surface area contributed by atoms with Crippen LogP contribution in [0.5, 0.6) is 11.5 Å². The first-order chi connectivity index (χ1) is 11.7. The highest BCUT2D eigenvalue weighted by Crippen LogP contribution is 2.44. The predicted molar refractivity (Wildman–Crippen MR) is 92.5 cm³/mol. The molecule has 0 aliphatic heterocycles. The topological polar surface area (TPSA) is 72.1 Å². The smallest absolute Gasteiger partial charge is 0.161 e. The monoisotopic (exact) mass is 342 g/mol. The highest BCUT2D eigenvalue weighted by molar-refractivity contribution is 6.32. The van der Waals surface area contributed by atoms with Crippen LogP contribution in [-0.4, -0.2) is 29.4 Å². The number of hydrogen-bond acceptors (Lipinski definition) is 5. The number of aromatic nitrogens is 3. The lowest BCUT2D eigenvalue weighted by molar-refractivity contribution is 0.355. The Morgan fingerprint density at radius 1 is 1.21 bits per heavy atom. The van der Waals surface area contributed by atoms with Gasteiger partial charge in [-0.1, -0.05) is 11.6 Å². The number of H-pyrrole nitrogens is 1. The van der Waals surface area contributed by atoms with Crippen molar-refractivity contribution in [1.29, 1.82) is 0 Å². The zero-order chi connectivity index (χ0) is 16.7. The number of hydrogen-bond donors (Lipinski definition) is 2. The molecule has 6 nitrogen and oxygen atoms in total. The van der Waals surface area contributed by atoms with Gasteiger partial charge in [-0.15, -0.1) is 0 Å². The summed E-state index contributed by atoms with van der Waals surface area (Å²) < 4.78 is 10.8. The molecular weight excluding hydrogens is 328 g/mol. The molecule has 0 saturated heterocycles. The minimum atomic E-state index is 0.410. The van der Waals surface area contributed by atoms with Crippen molar-refractivity contribution < 1.29 is 9.47 Å². The molecule has 0 bridgehead atoms. The Morgan fingerprint density at radius 2 is 2.00 bits per heavy atom. The van der Waals surface area contributed by atoms with Crippen molar-refractivity contribution in [1.82, 2.24) is 15.2 Å². The van der Waals surface area contributed by atoms with E-state index < -0.39 is 0 Å². The third kappa shape index (κ3) is 2.27. The van der Waals surface area contributed by atoms with E-state index in [0.717, 1.165) is 46.1 Å². The number of halogens is 1. The molecule has 2 N–H and O–H groups in total. The molecule has 0 spiro atoms. The number of aromatic amines is 1. The van der Waals surface area contributed by atoms with Gasteiger partial charge in [-0.25, -0.2) is 4.98 Å². The fourth-order valence-electron chi connectivity index (χ4n) is 2.96. The number of nitrogens with zero attached hydrogens (tertiary/aromatic N) is 2. The first-order valence-corrected chi connectivity index (χ1v) is 7.79. The Hall–Kier alpha value is -2.73. The van der Waals surface area contributed by atoms with Crippen molar-refractivity contribution in [3.8, 4) is 22.8 Å². The molecule has 0 unspecified atom stereocenters. The summed E-state index contributed by atoms with van der Waals surface area (Å²) in [6, 6.07) is 7.66. The van der Waals surface area contributed by atoms with Gasteiger partial charge in [0.15, 0.2) is 22.5 Å². The van der Waals surface area contributed by atoms with E-state index in [1.165, 1.54) is 0 Å². The molecule has 7 heteroatoms. The summed E-state index contributed by atoms with van der Waals surface area (Å²) in [4.78, 5) is 4.07. The highest BCUT2D eigenvalue weighted by Gasteiger charge is 2.27. The first-order valence-electron chi connectivity index (χ1n) is 7.41. The van der Waals surface area contributed by atoms with Crippen LogP contribution < -0.4 is 14.8 Å². The van der Waals surface area contributed by atoms with E-state index in [9.17, 15) is 0 Å². The van der Waals surface area contributed by atoms with Gasteiger partial charge in [-0.05, 0) is 29.8 Å². The summed E-state index contributed by atoms with van der Waals surface area (Å²) in [5.74, 6) is 2.16.